The van der Waals surface area contributed by atoms with Crippen molar-refractivity contribution in [1.29, 1.82) is 0 Å². The molecular formula is C15H26O4. The van der Waals surface area contributed by atoms with Crippen molar-refractivity contribution in [3.05, 3.63) is 0 Å². The first-order valence-corrected chi connectivity index (χ1v) is 7.68. The SMILES string of the molecule is O=C(O)C1(CCOCC2CCCCCCCC2)CO1. The Morgan fingerprint density at radius 1 is 1.16 bits per heavy atom. The van der Waals surface area contributed by atoms with Crippen LogP contribution in [0.5, 0.6) is 0 Å². The molecule has 1 saturated carbocycles. The van der Waals surface area contributed by atoms with Gasteiger partial charge in [0.05, 0.1) is 13.2 Å². The van der Waals surface area contributed by atoms with E-state index in [2.05, 4.69) is 0 Å². The summed E-state index contributed by atoms with van der Waals surface area (Å²) in [7, 11) is 0. The Bertz CT molecular complexity index is 276. The number of epoxide rings is 1. The van der Waals surface area contributed by atoms with Crippen LogP contribution < -0.4 is 0 Å². The highest BCUT2D eigenvalue weighted by atomic mass is 16.6. The van der Waals surface area contributed by atoms with Crippen molar-refractivity contribution in [2.45, 2.75) is 63.4 Å². The Morgan fingerprint density at radius 3 is 2.26 bits per heavy atom. The minimum absolute atomic E-state index is 0.342. The molecule has 0 aromatic carbocycles. The Kier molecular flexibility index (Phi) is 5.64. The van der Waals surface area contributed by atoms with Crippen LogP contribution in [0.25, 0.3) is 0 Å². The van der Waals surface area contributed by atoms with Gasteiger partial charge in [-0.3, -0.25) is 0 Å². The van der Waals surface area contributed by atoms with Crippen LogP contribution >= 0.6 is 0 Å². The van der Waals surface area contributed by atoms with Crippen molar-refractivity contribution in [3.63, 3.8) is 0 Å². The maximum Gasteiger partial charge on any atom is 0.338 e. The number of carboxylic acid groups (broad SMARTS) is 1. The Hall–Kier alpha value is -0.610. The van der Waals surface area contributed by atoms with Gasteiger partial charge in [0, 0.05) is 13.0 Å². The van der Waals surface area contributed by atoms with Gasteiger partial charge in [-0.15, -0.1) is 0 Å². The fraction of sp³-hybridized carbons (Fsp3) is 0.933. The van der Waals surface area contributed by atoms with Gasteiger partial charge < -0.3 is 14.6 Å². The molecule has 19 heavy (non-hydrogen) atoms. The lowest BCUT2D eigenvalue weighted by molar-refractivity contribution is -0.144. The van der Waals surface area contributed by atoms with E-state index in [1.54, 1.807) is 0 Å². The maximum atomic E-state index is 10.9. The van der Waals surface area contributed by atoms with Crippen molar-refractivity contribution in [2.75, 3.05) is 19.8 Å². The van der Waals surface area contributed by atoms with Crippen LogP contribution in [0.3, 0.4) is 0 Å². The van der Waals surface area contributed by atoms with E-state index in [0.717, 1.165) is 6.61 Å². The molecule has 1 aliphatic heterocycles. The second-order valence-electron chi connectivity index (χ2n) is 5.98. The summed E-state index contributed by atoms with van der Waals surface area (Å²) in [5, 5.41) is 8.97. The van der Waals surface area contributed by atoms with Gasteiger partial charge in [-0.25, -0.2) is 4.79 Å². The normalized spacial score (nSPS) is 29.3. The third-order valence-electron chi connectivity index (χ3n) is 4.36. The zero-order valence-electron chi connectivity index (χ0n) is 11.7. The van der Waals surface area contributed by atoms with Gasteiger partial charge in [0.1, 0.15) is 0 Å². The average molecular weight is 270 g/mol. The van der Waals surface area contributed by atoms with Gasteiger partial charge in [0.15, 0.2) is 5.60 Å². The predicted molar refractivity (Wildman–Crippen MR) is 72.2 cm³/mol. The first kappa shape index (κ1) is 14.8. The molecule has 1 unspecified atom stereocenters. The van der Waals surface area contributed by atoms with Crippen molar-refractivity contribution in [2.24, 2.45) is 5.92 Å². The van der Waals surface area contributed by atoms with Gasteiger partial charge in [0.2, 0.25) is 0 Å². The smallest absolute Gasteiger partial charge is 0.338 e. The molecule has 0 radical (unpaired) electrons. The lowest BCUT2D eigenvalue weighted by Gasteiger charge is -2.16. The molecule has 4 nitrogen and oxygen atoms in total. The Balaban J connectivity index is 1.60. The van der Waals surface area contributed by atoms with Crippen molar-refractivity contribution < 1.29 is 19.4 Å². The van der Waals surface area contributed by atoms with Crippen LogP contribution in [-0.2, 0) is 14.3 Å². The van der Waals surface area contributed by atoms with Crippen LogP contribution in [0.1, 0.15) is 57.8 Å². The molecule has 0 amide bonds. The van der Waals surface area contributed by atoms with Gasteiger partial charge in [-0.1, -0.05) is 38.5 Å². The summed E-state index contributed by atoms with van der Waals surface area (Å²) in [5.41, 5.74) is -0.918. The molecule has 0 spiro atoms. The summed E-state index contributed by atoms with van der Waals surface area (Å²) in [6, 6.07) is 0. The number of rotatable bonds is 6. The molecule has 4 heteroatoms. The van der Waals surface area contributed by atoms with Crippen LogP contribution in [-0.4, -0.2) is 36.5 Å². The Morgan fingerprint density at radius 2 is 1.74 bits per heavy atom. The number of ether oxygens (including phenoxy) is 2. The minimum Gasteiger partial charge on any atom is -0.479 e. The Labute approximate surface area is 115 Å². The van der Waals surface area contributed by atoms with Gasteiger partial charge in [-0.05, 0) is 18.8 Å². The van der Waals surface area contributed by atoms with E-state index in [1.165, 1.54) is 51.4 Å². The summed E-state index contributed by atoms with van der Waals surface area (Å²) in [5.74, 6) is -0.183. The van der Waals surface area contributed by atoms with E-state index in [-0.39, 0.29) is 0 Å². The molecule has 1 aliphatic carbocycles. The van der Waals surface area contributed by atoms with Crippen molar-refractivity contribution in [1.82, 2.24) is 0 Å². The predicted octanol–water partition coefficient (Wildman–Crippen LogP) is 3.00. The van der Waals surface area contributed by atoms with Gasteiger partial charge in [-0.2, -0.15) is 0 Å². The number of carbonyl (C=O) groups is 1. The summed E-state index contributed by atoms with van der Waals surface area (Å²) >= 11 is 0. The summed E-state index contributed by atoms with van der Waals surface area (Å²) in [6.45, 7) is 1.63. The lowest BCUT2D eigenvalue weighted by Crippen LogP contribution is -2.26. The summed E-state index contributed by atoms with van der Waals surface area (Å²) in [4.78, 5) is 10.9. The monoisotopic (exact) mass is 270 g/mol. The van der Waals surface area contributed by atoms with Crippen LogP contribution in [0, 0.1) is 5.92 Å². The van der Waals surface area contributed by atoms with Gasteiger partial charge >= 0.3 is 5.97 Å². The quantitative estimate of drug-likeness (QED) is 0.595. The summed E-state index contributed by atoms with van der Waals surface area (Å²) in [6.07, 6.45) is 11.1. The average Bonchev–Trinajstić information content (AvgIpc) is 3.15. The van der Waals surface area contributed by atoms with Crippen LogP contribution in [0.4, 0.5) is 0 Å². The number of hydrogen-bond acceptors (Lipinski definition) is 3. The molecule has 0 bridgehead atoms. The molecule has 0 aromatic heterocycles. The highest BCUT2D eigenvalue weighted by Gasteiger charge is 2.52. The molecular weight excluding hydrogens is 244 g/mol. The number of aliphatic carboxylic acids is 1. The lowest BCUT2D eigenvalue weighted by atomic mass is 9.98. The third kappa shape index (κ3) is 4.77. The minimum atomic E-state index is -0.918. The van der Waals surface area contributed by atoms with Gasteiger partial charge in [0.25, 0.3) is 0 Å². The third-order valence-corrected chi connectivity index (χ3v) is 4.36. The summed E-state index contributed by atoms with van der Waals surface area (Å²) < 4.78 is 10.7. The number of hydrogen-bond donors (Lipinski definition) is 1. The topological polar surface area (TPSA) is 59.1 Å². The van der Waals surface area contributed by atoms with E-state index >= 15 is 0 Å². The molecule has 2 rings (SSSR count). The molecule has 2 fully saturated rings. The maximum absolute atomic E-state index is 10.9. The standard InChI is InChI=1S/C15H26O4/c16-14(17)15(12-19-15)9-10-18-11-13-7-5-3-1-2-4-6-8-13/h13H,1-12H2,(H,16,17). The molecule has 1 heterocycles. The first-order chi connectivity index (χ1) is 9.23. The molecule has 1 atom stereocenters. The van der Waals surface area contributed by atoms with E-state index in [4.69, 9.17) is 14.6 Å². The first-order valence-electron chi connectivity index (χ1n) is 7.68. The van der Waals surface area contributed by atoms with E-state index in [9.17, 15) is 4.79 Å². The fourth-order valence-electron chi connectivity index (χ4n) is 2.83. The van der Waals surface area contributed by atoms with Crippen molar-refractivity contribution in [3.8, 4) is 0 Å². The highest BCUT2D eigenvalue weighted by molar-refractivity contribution is 5.80. The molecule has 1 N–H and O–H groups in total. The van der Waals surface area contributed by atoms with Crippen molar-refractivity contribution >= 4 is 5.97 Å². The van der Waals surface area contributed by atoms with Crippen LogP contribution in [0.15, 0.2) is 0 Å². The second kappa shape index (κ2) is 7.25. The largest absolute Gasteiger partial charge is 0.479 e. The second-order valence-corrected chi connectivity index (χ2v) is 5.98. The fourth-order valence-corrected chi connectivity index (χ4v) is 2.83. The molecule has 110 valence electrons. The van der Waals surface area contributed by atoms with E-state index in [0.29, 0.717) is 25.6 Å². The molecule has 1 saturated heterocycles. The van der Waals surface area contributed by atoms with E-state index < -0.39 is 11.6 Å². The molecule has 2 aliphatic rings. The zero-order valence-corrected chi connectivity index (χ0v) is 11.7. The van der Waals surface area contributed by atoms with E-state index in [1.807, 2.05) is 0 Å². The van der Waals surface area contributed by atoms with Crippen LogP contribution in [0.2, 0.25) is 0 Å². The molecule has 0 aromatic rings. The number of carboxylic acids is 1. The zero-order chi connectivity index (χ0) is 13.6. The highest BCUT2D eigenvalue weighted by Crippen LogP contribution is 2.31.